The molecule has 0 N–H and O–H groups in total. The molecule has 0 radical (unpaired) electrons. The average molecular weight is 573 g/mol. The van der Waals surface area contributed by atoms with E-state index in [9.17, 15) is 17.6 Å². The highest BCUT2D eigenvalue weighted by molar-refractivity contribution is 7.91. The van der Waals surface area contributed by atoms with Crippen LogP contribution in [0.2, 0.25) is 10.0 Å². The van der Waals surface area contributed by atoms with Crippen LogP contribution >= 0.6 is 23.2 Å². The van der Waals surface area contributed by atoms with Crippen LogP contribution < -0.4 is 0 Å². The van der Waals surface area contributed by atoms with E-state index in [2.05, 4.69) is 10.1 Å². The van der Waals surface area contributed by atoms with Crippen molar-refractivity contribution in [1.82, 2.24) is 10.1 Å². The minimum Gasteiger partial charge on any atom is -0.334 e. The van der Waals surface area contributed by atoms with Crippen LogP contribution in [0, 0.1) is 5.82 Å². The molecule has 1 aromatic heterocycles. The van der Waals surface area contributed by atoms with Crippen LogP contribution in [0.15, 0.2) is 70.1 Å². The fourth-order valence-electron chi connectivity index (χ4n) is 4.55. The molecule has 0 amide bonds. The highest BCUT2D eigenvalue weighted by atomic mass is 35.5. The number of carbonyl (C=O) groups is 1. The monoisotopic (exact) mass is 572 g/mol. The first-order valence-electron chi connectivity index (χ1n) is 12.0. The molecule has 0 saturated heterocycles. The molecule has 0 spiro atoms. The van der Waals surface area contributed by atoms with Gasteiger partial charge in [0.1, 0.15) is 11.6 Å². The summed E-state index contributed by atoms with van der Waals surface area (Å²) in [5.41, 5.74) is 1.95. The van der Waals surface area contributed by atoms with E-state index in [1.54, 1.807) is 43.3 Å². The molecule has 1 aliphatic rings. The number of aromatic nitrogens is 2. The van der Waals surface area contributed by atoms with Crippen molar-refractivity contribution in [3.63, 3.8) is 0 Å². The molecule has 5 rings (SSSR count). The number of Topliss-reactive ketones (excluding diaryl/α,β-unsaturated/α-hetero) is 1. The van der Waals surface area contributed by atoms with Crippen LogP contribution in [0.3, 0.4) is 0 Å². The normalized spacial score (nSPS) is 14.4. The van der Waals surface area contributed by atoms with Gasteiger partial charge in [0.2, 0.25) is 0 Å². The van der Waals surface area contributed by atoms with Gasteiger partial charge in [0.15, 0.2) is 15.7 Å². The number of hydrogen-bond donors (Lipinski definition) is 0. The molecule has 38 heavy (non-hydrogen) atoms. The average Bonchev–Trinajstić information content (AvgIpc) is 3.50. The summed E-state index contributed by atoms with van der Waals surface area (Å²) in [5, 5.41) is 4.95. The van der Waals surface area contributed by atoms with Crippen LogP contribution in [0.4, 0.5) is 4.39 Å². The first-order valence-corrected chi connectivity index (χ1v) is 14.4. The minimum absolute atomic E-state index is 0.0188. The lowest BCUT2D eigenvalue weighted by Crippen LogP contribution is -2.13. The van der Waals surface area contributed by atoms with E-state index in [4.69, 9.17) is 27.7 Å². The third-order valence-corrected chi connectivity index (χ3v) is 9.07. The molecular weight excluding hydrogens is 550 g/mol. The molecule has 0 bridgehead atoms. The van der Waals surface area contributed by atoms with Gasteiger partial charge < -0.3 is 4.52 Å². The fourth-order valence-corrected chi connectivity index (χ4v) is 6.33. The van der Waals surface area contributed by atoms with E-state index in [0.717, 1.165) is 18.4 Å². The Bertz CT molecular complexity index is 1610. The molecule has 1 heterocycles. The lowest BCUT2D eigenvalue weighted by Gasteiger charge is -2.16. The van der Waals surface area contributed by atoms with Crippen molar-refractivity contribution in [2.45, 2.75) is 42.9 Å². The topological polar surface area (TPSA) is 90.1 Å². The Morgan fingerprint density at radius 1 is 1.00 bits per heavy atom. The molecule has 0 atom stereocenters. The Morgan fingerprint density at radius 3 is 2.26 bits per heavy atom. The molecule has 1 aliphatic carbocycles. The Labute approximate surface area is 229 Å². The fraction of sp³-hybridized carbons (Fsp3) is 0.250. The molecule has 196 valence electrons. The third-order valence-electron chi connectivity index (χ3n) is 6.72. The van der Waals surface area contributed by atoms with Crippen LogP contribution in [0.1, 0.15) is 42.3 Å². The first-order chi connectivity index (χ1) is 18.1. The summed E-state index contributed by atoms with van der Waals surface area (Å²) >= 11 is 13.4. The third kappa shape index (κ3) is 5.25. The quantitative estimate of drug-likeness (QED) is 0.230. The molecule has 0 unspecified atom stereocenters. The molecule has 3 aromatic carbocycles. The van der Waals surface area contributed by atoms with E-state index in [0.29, 0.717) is 32.6 Å². The number of halogens is 3. The van der Waals surface area contributed by atoms with Crippen molar-refractivity contribution in [2.24, 2.45) is 0 Å². The van der Waals surface area contributed by atoms with Gasteiger partial charge in [-0.15, -0.1) is 0 Å². The Morgan fingerprint density at radius 2 is 1.66 bits per heavy atom. The predicted molar refractivity (Wildman–Crippen MR) is 143 cm³/mol. The second-order valence-corrected chi connectivity index (χ2v) is 12.5. The van der Waals surface area contributed by atoms with Crippen molar-refractivity contribution >= 4 is 38.8 Å². The van der Waals surface area contributed by atoms with Gasteiger partial charge >= 0.3 is 0 Å². The van der Waals surface area contributed by atoms with E-state index in [-0.39, 0.29) is 35.2 Å². The summed E-state index contributed by atoms with van der Waals surface area (Å²) in [6, 6.07) is 15.7. The highest BCUT2D eigenvalue weighted by Crippen LogP contribution is 2.56. The summed E-state index contributed by atoms with van der Waals surface area (Å²) in [7, 11) is -3.29. The smallest absolute Gasteiger partial charge is 0.258 e. The number of hydrogen-bond acceptors (Lipinski definition) is 6. The zero-order valence-corrected chi connectivity index (χ0v) is 22.7. The van der Waals surface area contributed by atoms with Crippen molar-refractivity contribution in [2.75, 3.05) is 5.75 Å². The van der Waals surface area contributed by atoms with Crippen molar-refractivity contribution < 1.29 is 22.1 Å². The summed E-state index contributed by atoms with van der Waals surface area (Å²) in [6.45, 7) is 1.59. The zero-order valence-electron chi connectivity index (χ0n) is 20.4. The van der Waals surface area contributed by atoms with Gasteiger partial charge in [-0.25, -0.2) is 12.8 Å². The molecule has 4 aromatic rings. The van der Waals surface area contributed by atoms with Crippen molar-refractivity contribution in [1.29, 1.82) is 0 Å². The Hall–Kier alpha value is -3.07. The van der Waals surface area contributed by atoms with Gasteiger partial charge in [-0.05, 0) is 66.4 Å². The molecule has 1 fully saturated rings. The molecule has 1 saturated carbocycles. The molecule has 6 nitrogen and oxygen atoms in total. The maximum atomic E-state index is 13.6. The number of nitrogens with zero attached hydrogens (tertiary/aromatic N) is 2. The number of ketones is 1. The van der Waals surface area contributed by atoms with Gasteiger partial charge in [0, 0.05) is 34.0 Å². The van der Waals surface area contributed by atoms with Crippen LogP contribution in [0.5, 0.6) is 0 Å². The highest BCUT2D eigenvalue weighted by Gasteiger charge is 2.52. The predicted octanol–water partition coefficient (Wildman–Crippen LogP) is 6.41. The maximum Gasteiger partial charge on any atom is 0.258 e. The zero-order chi connectivity index (χ0) is 27.1. The number of benzene rings is 3. The van der Waals surface area contributed by atoms with E-state index in [1.807, 2.05) is 0 Å². The van der Waals surface area contributed by atoms with Gasteiger partial charge in [-0.2, -0.15) is 4.98 Å². The van der Waals surface area contributed by atoms with Crippen molar-refractivity contribution in [3.8, 4) is 11.5 Å². The molecular formula is C28H23Cl2FN2O4S. The van der Waals surface area contributed by atoms with Crippen molar-refractivity contribution in [3.05, 3.63) is 99.0 Å². The van der Waals surface area contributed by atoms with Gasteiger partial charge in [-0.1, -0.05) is 53.5 Å². The second-order valence-electron chi connectivity index (χ2n) is 9.39. The van der Waals surface area contributed by atoms with Gasteiger partial charge in [0.05, 0.1) is 16.1 Å². The van der Waals surface area contributed by atoms with E-state index >= 15 is 0 Å². The van der Waals surface area contributed by atoms with Gasteiger partial charge in [-0.3, -0.25) is 4.79 Å². The summed E-state index contributed by atoms with van der Waals surface area (Å²) < 4.78 is 43.0. The van der Waals surface area contributed by atoms with E-state index < -0.39 is 21.1 Å². The first kappa shape index (κ1) is 26.5. The van der Waals surface area contributed by atoms with E-state index in [1.165, 1.54) is 24.3 Å². The second kappa shape index (κ2) is 10.2. The SMILES string of the molecule is CCS(=O)(=O)c1ccc(CC(=O)Cc2cc(Cl)c(C3(c4noc(-c5cccc(F)c5)n4)CC3)c(Cl)c2)cc1. The van der Waals surface area contributed by atoms with Crippen LogP contribution in [-0.4, -0.2) is 30.1 Å². The number of sulfone groups is 1. The minimum atomic E-state index is -3.29. The molecule has 0 aliphatic heterocycles. The standard InChI is InChI=1S/C28H23Cl2FN2O4S/c1-2-38(35,36)22-8-6-17(7-9-22)12-21(34)13-18-14-23(29)25(24(30)15-18)28(10-11-28)27-32-26(37-33-27)19-4-3-5-20(31)16-19/h3-9,14-16H,2,10-13H2,1H3. The summed E-state index contributed by atoms with van der Waals surface area (Å²) in [4.78, 5) is 17.5. The van der Waals surface area contributed by atoms with Crippen LogP contribution in [-0.2, 0) is 32.9 Å². The number of rotatable bonds is 9. The Balaban J connectivity index is 1.32. The van der Waals surface area contributed by atoms with Crippen LogP contribution in [0.25, 0.3) is 11.5 Å². The lowest BCUT2D eigenvalue weighted by atomic mass is 9.92. The number of carbonyl (C=O) groups excluding carboxylic acids is 1. The Kier molecular flexibility index (Phi) is 7.15. The maximum absolute atomic E-state index is 13.6. The molecule has 10 heteroatoms. The summed E-state index contributed by atoms with van der Waals surface area (Å²) in [6.07, 6.45) is 1.71. The summed E-state index contributed by atoms with van der Waals surface area (Å²) in [5.74, 6) is 0.194. The largest absolute Gasteiger partial charge is 0.334 e. The lowest BCUT2D eigenvalue weighted by molar-refractivity contribution is -0.117. The van der Waals surface area contributed by atoms with Gasteiger partial charge in [0.25, 0.3) is 5.89 Å².